The zero-order valence-electron chi connectivity index (χ0n) is 16.7. The molecule has 10 heteroatoms. The van der Waals surface area contributed by atoms with Crippen LogP contribution in [0, 0.1) is 12.8 Å². The second kappa shape index (κ2) is 8.71. The molecule has 2 aromatic rings. The van der Waals surface area contributed by atoms with Crippen molar-refractivity contribution >= 4 is 35.0 Å². The number of aryl methyl sites for hydroxylation is 1. The number of anilines is 2. The molecular weight excluding hydrogens is 396 g/mol. The molecule has 3 unspecified atom stereocenters. The molecule has 0 radical (unpaired) electrons. The van der Waals surface area contributed by atoms with Crippen LogP contribution in [-0.2, 0) is 4.79 Å². The maximum absolute atomic E-state index is 12.6. The van der Waals surface area contributed by atoms with Crippen molar-refractivity contribution in [3.63, 3.8) is 0 Å². The summed E-state index contributed by atoms with van der Waals surface area (Å²) >= 11 is 6.01. The van der Waals surface area contributed by atoms with Crippen LogP contribution in [0.5, 0.6) is 5.75 Å². The van der Waals surface area contributed by atoms with E-state index in [-0.39, 0.29) is 17.9 Å². The minimum Gasteiger partial charge on any atom is -0.495 e. The lowest BCUT2D eigenvalue weighted by Gasteiger charge is -2.35. The van der Waals surface area contributed by atoms with Crippen LogP contribution in [0.3, 0.4) is 0 Å². The lowest BCUT2D eigenvalue weighted by atomic mass is 9.95. The molecule has 1 saturated heterocycles. The Labute approximate surface area is 174 Å². The maximum atomic E-state index is 12.6. The average Bonchev–Trinajstić information content (AvgIpc) is 3.01. The number of amides is 3. The second-order valence-electron chi connectivity index (χ2n) is 6.92. The van der Waals surface area contributed by atoms with Gasteiger partial charge in [0.1, 0.15) is 11.6 Å². The SMILES string of the molecule is CCC1C(=O)NC(n2nc(C)cc2NC(=O)Nc2cc(Cl)ccc2OC)NC1C. The summed E-state index contributed by atoms with van der Waals surface area (Å²) in [6.45, 7) is 5.74. The van der Waals surface area contributed by atoms with Gasteiger partial charge in [-0.05, 0) is 38.5 Å². The number of nitrogens with zero attached hydrogens (tertiary/aromatic N) is 2. The van der Waals surface area contributed by atoms with Crippen LogP contribution in [0.2, 0.25) is 5.02 Å². The van der Waals surface area contributed by atoms with Gasteiger partial charge in [0.25, 0.3) is 0 Å². The highest BCUT2D eigenvalue weighted by Gasteiger charge is 2.34. The molecule has 1 aliphatic rings. The van der Waals surface area contributed by atoms with E-state index in [4.69, 9.17) is 16.3 Å². The Morgan fingerprint density at radius 2 is 2.10 bits per heavy atom. The number of hydrogen-bond acceptors (Lipinski definition) is 5. The molecule has 3 amide bonds. The van der Waals surface area contributed by atoms with Crippen LogP contribution in [0.25, 0.3) is 0 Å². The van der Waals surface area contributed by atoms with Crippen molar-refractivity contribution in [1.29, 1.82) is 0 Å². The van der Waals surface area contributed by atoms with Crippen molar-refractivity contribution < 1.29 is 14.3 Å². The van der Waals surface area contributed by atoms with E-state index in [0.717, 1.165) is 6.42 Å². The molecular formula is C19H25ClN6O3. The van der Waals surface area contributed by atoms with Gasteiger partial charge in [-0.15, -0.1) is 0 Å². The van der Waals surface area contributed by atoms with Gasteiger partial charge in [-0.3, -0.25) is 15.4 Å². The van der Waals surface area contributed by atoms with E-state index in [0.29, 0.717) is 28.0 Å². The van der Waals surface area contributed by atoms with Crippen molar-refractivity contribution in [3.05, 3.63) is 35.0 Å². The number of hydrogen-bond donors (Lipinski definition) is 4. The van der Waals surface area contributed by atoms with Crippen LogP contribution < -0.4 is 26.0 Å². The summed E-state index contributed by atoms with van der Waals surface area (Å²) in [5.41, 5.74) is 1.13. The number of ether oxygens (including phenoxy) is 1. The molecule has 3 atom stereocenters. The Morgan fingerprint density at radius 3 is 2.76 bits per heavy atom. The monoisotopic (exact) mass is 420 g/mol. The highest BCUT2D eigenvalue weighted by Crippen LogP contribution is 2.28. The fourth-order valence-electron chi connectivity index (χ4n) is 3.40. The first-order valence-corrected chi connectivity index (χ1v) is 9.74. The Morgan fingerprint density at radius 1 is 1.34 bits per heavy atom. The summed E-state index contributed by atoms with van der Waals surface area (Å²) in [4.78, 5) is 24.9. The van der Waals surface area contributed by atoms with E-state index in [1.807, 2.05) is 20.8 Å². The van der Waals surface area contributed by atoms with Gasteiger partial charge in [-0.25, -0.2) is 9.48 Å². The lowest BCUT2D eigenvalue weighted by molar-refractivity contribution is -0.130. The van der Waals surface area contributed by atoms with E-state index in [1.165, 1.54) is 7.11 Å². The molecule has 0 bridgehead atoms. The number of methoxy groups -OCH3 is 1. The van der Waals surface area contributed by atoms with Gasteiger partial charge < -0.3 is 15.4 Å². The summed E-state index contributed by atoms with van der Waals surface area (Å²) in [5.74, 6) is 0.754. The number of nitrogens with one attached hydrogen (secondary N) is 4. The summed E-state index contributed by atoms with van der Waals surface area (Å²) in [5, 5.41) is 16.6. The number of urea groups is 1. The first-order valence-electron chi connectivity index (χ1n) is 9.36. The molecule has 29 heavy (non-hydrogen) atoms. The van der Waals surface area contributed by atoms with E-state index in [1.54, 1.807) is 28.9 Å². The Bertz CT molecular complexity index is 915. The summed E-state index contributed by atoms with van der Waals surface area (Å²) in [7, 11) is 1.51. The molecule has 4 N–H and O–H groups in total. The van der Waals surface area contributed by atoms with Crippen LogP contribution in [0.1, 0.15) is 32.3 Å². The fourth-order valence-corrected chi connectivity index (χ4v) is 3.57. The van der Waals surface area contributed by atoms with E-state index >= 15 is 0 Å². The number of carbonyl (C=O) groups excluding carboxylic acids is 2. The third-order valence-corrected chi connectivity index (χ3v) is 5.07. The molecule has 1 aromatic carbocycles. The third-order valence-electron chi connectivity index (χ3n) is 4.83. The normalized spacial score (nSPS) is 21.4. The highest BCUT2D eigenvalue weighted by atomic mass is 35.5. The Balaban J connectivity index is 1.77. The minimum absolute atomic E-state index is 0.0272. The van der Waals surface area contributed by atoms with Gasteiger partial charge in [-0.1, -0.05) is 18.5 Å². The van der Waals surface area contributed by atoms with E-state index < -0.39 is 12.3 Å². The van der Waals surface area contributed by atoms with Crippen molar-refractivity contribution in [1.82, 2.24) is 20.4 Å². The van der Waals surface area contributed by atoms with Gasteiger partial charge >= 0.3 is 6.03 Å². The van der Waals surface area contributed by atoms with Crippen LogP contribution in [0.15, 0.2) is 24.3 Å². The van der Waals surface area contributed by atoms with E-state index in [2.05, 4.69) is 26.4 Å². The van der Waals surface area contributed by atoms with Gasteiger partial charge in [0.05, 0.1) is 24.4 Å². The van der Waals surface area contributed by atoms with Crippen molar-refractivity contribution in [2.75, 3.05) is 17.7 Å². The molecule has 1 aromatic heterocycles. The van der Waals surface area contributed by atoms with Crippen LogP contribution in [-0.4, -0.2) is 34.9 Å². The quantitative estimate of drug-likeness (QED) is 0.594. The third kappa shape index (κ3) is 4.63. The number of carbonyl (C=O) groups is 2. The van der Waals surface area contributed by atoms with Crippen molar-refractivity contribution in [3.8, 4) is 5.75 Å². The summed E-state index contributed by atoms with van der Waals surface area (Å²) in [6.07, 6.45) is 0.171. The molecule has 0 spiro atoms. The summed E-state index contributed by atoms with van der Waals surface area (Å²) < 4.78 is 6.79. The molecule has 3 rings (SSSR count). The van der Waals surface area contributed by atoms with Crippen molar-refractivity contribution in [2.24, 2.45) is 5.92 Å². The molecule has 1 fully saturated rings. The largest absolute Gasteiger partial charge is 0.495 e. The maximum Gasteiger partial charge on any atom is 0.324 e. The molecule has 9 nitrogen and oxygen atoms in total. The molecule has 0 aliphatic carbocycles. The number of halogens is 1. The van der Waals surface area contributed by atoms with Crippen LogP contribution >= 0.6 is 11.6 Å². The predicted molar refractivity (Wildman–Crippen MR) is 111 cm³/mol. The lowest BCUT2D eigenvalue weighted by Crippen LogP contribution is -2.57. The molecule has 2 heterocycles. The topological polar surface area (TPSA) is 109 Å². The van der Waals surface area contributed by atoms with Crippen molar-refractivity contribution in [2.45, 2.75) is 39.5 Å². The predicted octanol–water partition coefficient (Wildman–Crippen LogP) is 3.09. The standard InChI is InChI=1S/C19H25ClN6O3/c1-5-13-11(3)21-18(24-17(13)27)26-16(8-10(2)25-26)23-19(28)22-14-9-12(20)6-7-15(14)29-4/h6-9,11,13,18,21H,5H2,1-4H3,(H,24,27)(H2,22,23,28). The van der Waals surface area contributed by atoms with Crippen LogP contribution in [0.4, 0.5) is 16.3 Å². The zero-order valence-corrected chi connectivity index (χ0v) is 17.5. The first-order chi connectivity index (χ1) is 13.8. The fraction of sp³-hybridized carbons (Fsp3) is 0.421. The number of benzene rings is 1. The summed E-state index contributed by atoms with van der Waals surface area (Å²) in [6, 6.07) is 6.13. The van der Waals surface area contributed by atoms with Gasteiger partial charge in [-0.2, -0.15) is 5.10 Å². The zero-order chi connectivity index (χ0) is 21.1. The number of rotatable bonds is 5. The smallest absolute Gasteiger partial charge is 0.324 e. The van der Waals surface area contributed by atoms with Gasteiger partial charge in [0.2, 0.25) is 5.91 Å². The average molecular weight is 421 g/mol. The van der Waals surface area contributed by atoms with Gasteiger partial charge in [0, 0.05) is 17.1 Å². The molecule has 0 saturated carbocycles. The van der Waals surface area contributed by atoms with Gasteiger partial charge in [0.15, 0.2) is 6.29 Å². The molecule has 1 aliphatic heterocycles. The Kier molecular flexibility index (Phi) is 6.29. The minimum atomic E-state index is -0.565. The number of aromatic nitrogens is 2. The highest BCUT2D eigenvalue weighted by molar-refractivity contribution is 6.31. The molecule has 156 valence electrons. The van der Waals surface area contributed by atoms with E-state index in [9.17, 15) is 9.59 Å². The Hall–Kier alpha value is -2.78. The second-order valence-corrected chi connectivity index (χ2v) is 7.36. The first kappa shape index (κ1) is 20.9.